The Bertz CT molecular complexity index is 578. The zero-order valence-corrected chi connectivity index (χ0v) is 11.2. The largest absolute Gasteiger partial charge is 0.462 e. The molecule has 0 amide bonds. The van der Waals surface area contributed by atoms with E-state index in [0.29, 0.717) is 22.6 Å². The van der Waals surface area contributed by atoms with E-state index in [1.807, 2.05) is 18.2 Å². The molecule has 103 valence electrons. The lowest BCUT2D eigenvalue weighted by Gasteiger charge is -2.11. The second kappa shape index (κ2) is 6.73. The van der Waals surface area contributed by atoms with Gasteiger partial charge in [0, 0.05) is 0 Å². The van der Waals surface area contributed by atoms with Crippen molar-refractivity contribution in [3.8, 4) is 11.5 Å². The van der Waals surface area contributed by atoms with Crippen LogP contribution in [0.1, 0.15) is 22.8 Å². The van der Waals surface area contributed by atoms with Gasteiger partial charge < -0.3 is 9.47 Å². The quantitative estimate of drug-likeness (QED) is 0.781. The van der Waals surface area contributed by atoms with Crippen molar-refractivity contribution < 1.29 is 19.4 Å². The summed E-state index contributed by atoms with van der Waals surface area (Å²) in [7, 11) is 0. The first kappa shape index (κ1) is 14.1. The number of rotatable bonds is 5. The van der Waals surface area contributed by atoms with Crippen molar-refractivity contribution in [3.05, 3.63) is 59.7 Å². The molecule has 2 aromatic rings. The van der Waals surface area contributed by atoms with E-state index in [9.17, 15) is 9.90 Å². The van der Waals surface area contributed by atoms with Gasteiger partial charge in [0.05, 0.1) is 6.61 Å². The third-order valence-electron chi connectivity index (χ3n) is 2.68. The van der Waals surface area contributed by atoms with Crippen LogP contribution in [-0.2, 0) is 16.5 Å². The van der Waals surface area contributed by atoms with Crippen LogP contribution in [0, 0.1) is 0 Å². The molecule has 0 bridgehead atoms. The summed E-state index contributed by atoms with van der Waals surface area (Å²) in [5.74, 6) is 0.472. The van der Waals surface area contributed by atoms with Crippen molar-refractivity contribution in [2.24, 2.45) is 0 Å². The van der Waals surface area contributed by atoms with Crippen molar-refractivity contribution in [2.45, 2.75) is 13.5 Å². The lowest BCUT2D eigenvalue weighted by molar-refractivity contribution is 0.0523. The number of esters is 1. The minimum atomic E-state index is -0.462. The summed E-state index contributed by atoms with van der Waals surface area (Å²) >= 11 is 0. The average Bonchev–Trinajstić information content (AvgIpc) is 2.48. The highest BCUT2D eigenvalue weighted by molar-refractivity contribution is 5.92. The molecule has 0 spiro atoms. The molecule has 0 aliphatic rings. The summed E-state index contributed by atoms with van der Waals surface area (Å²) in [4.78, 5) is 11.9. The number of ether oxygens (including phenoxy) is 2. The van der Waals surface area contributed by atoms with E-state index in [4.69, 9.17) is 9.47 Å². The van der Waals surface area contributed by atoms with Gasteiger partial charge in [0.1, 0.15) is 23.7 Å². The molecule has 0 saturated heterocycles. The third-order valence-corrected chi connectivity index (χ3v) is 2.68. The topological polar surface area (TPSA) is 55.4 Å². The van der Waals surface area contributed by atoms with Crippen LogP contribution in [-0.4, -0.2) is 12.6 Å². The molecule has 0 heterocycles. The molecular formula is C16H15O4. The molecule has 4 heteroatoms. The maximum Gasteiger partial charge on any atom is 0.341 e. The molecule has 2 aromatic carbocycles. The Balaban J connectivity index is 2.34. The van der Waals surface area contributed by atoms with Crippen LogP contribution in [0.2, 0.25) is 0 Å². The van der Waals surface area contributed by atoms with E-state index in [0.717, 1.165) is 0 Å². The number of carbonyl (C=O) groups is 1. The zero-order chi connectivity index (χ0) is 14.4. The summed E-state index contributed by atoms with van der Waals surface area (Å²) < 4.78 is 10.7. The van der Waals surface area contributed by atoms with Crippen molar-refractivity contribution in [2.75, 3.05) is 6.61 Å². The van der Waals surface area contributed by atoms with E-state index in [-0.39, 0.29) is 13.2 Å². The van der Waals surface area contributed by atoms with E-state index < -0.39 is 5.97 Å². The van der Waals surface area contributed by atoms with Crippen LogP contribution in [0.3, 0.4) is 0 Å². The van der Waals surface area contributed by atoms with Gasteiger partial charge in [-0.05, 0) is 36.8 Å². The van der Waals surface area contributed by atoms with Gasteiger partial charge in [-0.25, -0.2) is 9.90 Å². The Hall–Kier alpha value is -2.33. The monoisotopic (exact) mass is 271 g/mol. The Labute approximate surface area is 117 Å². The fourth-order valence-corrected chi connectivity index (χ4v) is 1.73. The predicted molar refractivity (Wildman–Crippen MR) is 73.3 cm³/mol. The van der Waals surface area contributed by atoms with Gasteiger partial charge in [0.25, 0.3) is 0 Å². The van der Waals surface area contributed by atoms with E-state index in [1.165, 1.54) is 0 Å². The Morgan fingerprint density at radius 2 is 1.85 bits per heavy atom. The van der Waals surface area contributed by atoms with Gasteiger partial charge in [-0.15, -0.1) is 0 Å². The predicted octanol–water partition coefficient (Wildman–Crippen LogP) is 3.59. The number of hydrogen-bond donors (Lipinski definition) is 0. The molecule has 0 N–H and O–H groups in total. The van der Waals surface area contributed by atoms with Gasteiger partial charge in [-0.1, -0.05) is 24.3 Å². The van der Waals surface area contributed by atoms with Gasteiger partial charge in [-0.2, -0.15) is 0 Å². The minimum absolute atomic E-state index is 0.285. The Morgan fingerprint density at radius 1 is 1.10 bits per heavy atom. The Kier molecular flexibility index (Phi) is 4.74. The molecule has 0 saturated carbocycles. The fourth-order valence-electron chi connectivity index (χ4n) is 1.73. The fraction of sp³-hybridized carbons (Fsp3) is 0.188. The van der Waals surface area contributed by atoms with Crippen LogP contribution < -0.4 is 4.74 Å². The second-order valence-electron chi connectivity index (χ2n) is 4.11. The molecular weight excluding hydrogens is 256 g/mol. The van der Waals surface area contributed by atoms with Crippen LogP contribution in [0.25, 0.3) is 0 Å². The van der Waals surface area contributed by atoms with Crippen LogP contribution >= 0.6 is 0 Å². The summed E-state index contributed by atoms with van der Waals surface area (Å²) in [6.07, 6.45) is 0. The number of benzene rings is 2. The maximum atomic E-state index is 11.9. The molecule has 2 rings (SSSR count). The molecule has 0 aliphatic heterocycles. The van der Waals surface area contributed by atoms with Crippen molar-refractivity contribution >= 4 is 5.97 Å². The van der Waals surface area contributed by atoms with E-state index >= 15 is 0 Å². The first-order chi connectivity index (χ1) is 9.74. The standard InChI is InChI=1S/C16H15O4/c1-2-19-16(18)14-9-8-12(11-17)10-15(14)20-13-6-4-3-5-7-13/h3-10H,2,11H2,1H3. The van der Waals surface area contributed by atoms with Crippen LogP contribution in [0.5, 0.6) is 11.5 Å². The summed E-state index contributed by atoms with van der Waals surface area (Å²) in [5, 5.41) is 11.0. The SMILES string of the molecule is CCOC(=O)c1ccc(C[O])cc1Oc1ccccc1. The van der Waals surface area contributed by atoms with Gasteiger partial charge >= 0.3 is 5.97 Å². The van der Waals surface area contributed by atoms with Gasteiger partial charge in [-0.3, -0.25) is 0 Å². The van der Waals surface area contributed by atoms with Crippen LogP contribution in [0.4, 0.5) is 0 Å². The minimum Gasteiger partial charge on any atom is -0.462 e. The van der Waals surface area contributed by atoms with Crippen molar-refractivity contribution in [1.82, 2.24) is 0 Å². The van der Waals surface area contributed by atoms with Crippen LogP contribution in [0.15, 0.2) is 48.5 Å². The molecule has 0 unspecified atom stereocenters. The molecule has 4 nitrogen and oxygen atoms in total. The highest BCUT2D eigenvalue weighted by Gasteiger charge is 2.15. The second-order valence-corrected chi connectivity index (χ2v) is 4.11. The first-order valence-electron chi connectivity index (χ1n) is 6.35. The first-order valence-corrected chi connectivity index (χ1v) is 6.35. The Morgan fingerprint density at radius 3 is 2.50 bits per heavy atom. The van der Waals surface area contributed by atoms with E-state index in [1.54, 1.807) is 37.3 Å². The maximum absolute atomic E-state index is 11.9. The lowest BCUT2D eigenvalue weighted by Crippen LogP contribution is -2.07. The number of para-hydroxylation sites is 1. The molecule has 0 atom stereocenters. The van der Waals surface area contributed by atoms with Gasteiger partial charge in [0.15, 0.2) is 0 Å². The molecule has 0 aliphatic carbocycles. The molecule has 1 radical (unpaired) electrons. The summed E-state index contributed by atoms with van der Waals surface area (Å²) in [5.41, 5.74) is 0.872. The molecule has 0 aromatic heterocycles. The smallest absolute Gasteiger partial charge is 0.341 e. The van der Waals surface area contributed by atoms with Crippen molar-refractivity contribution in [3.63, 3.8) is 0 Å². The average molecular weight is 271 g/mol. The van der Waals surface area contributed by atoms with Gasteiger partial charge in [0.2, 0.25) is 0 Å². The highest BCUT2D eigenvalue weighted by atomic mass is 16.5. The van der Waals surface area contributed by atoms with Crippen molar-refractivity contribution in [1.29, 1.82) is 0 Å². The summed E-state index contributed by atoms with van der Waals surface area (Å²) in [6.45, 7) is 1.66. The normalized spacial score (nSPS) is 10.1. The van der Waals surface area contributed by atoms with E-state index in [2.05, 4.69) is 0 Å². The molecule has 0 fully saturated rings. The summed E-state index contributed by atoms with van der Waals surface area (Å²) in [6, 6.07) is 13.8. The zero-order valence-electron chi connectivity index (χ0n) is 11.2. The number of hydrogen-bond acceptors (Lipinski definition) is 3. The lowest BCUT2D eigenvalue weighted by atomic mass is 10.1. The third kappa shape index (κ3) is 3.36. The highest BCUT2D eigenvalue weighted by Crippen LogP contribution is 2.27. The molecule has 20 heavy (non-hydrogen) atoms. The number of carbonyl (C=O) groups excluding carboxylic acids is 1.